The van der Waals surface area contributed by atoms with Gasteiger partial charge in [-0.15, -0.1) is 0 Å². The van der Waals surface area contributed by atoms with E-state index in [0.29, 0.717) is 23.9 Å². The summed E-state index contributed by atoms with van der Waals surface area (Å²) in [5.74, 6) is 0.667. The molecule has 2 heterocycles. The summed E-state index contributed by atoms with van der Waals surface area (Å²) in [5.41, 5.74) is 1.65. The highest BCUT2D eigenvalue weighted by Gasteiger charge is 2.38. The van der Waals surface area contributed by atoms with Gasteiger partial charge >= 0.3 is 10.4 Å². The van der Waals surface area contributed by atoms with Crippen LogP contribution in [0.15, 0.2) is 78.3 Å². The third-order valence-corrected chi connectivity index (χ3v) is 6.12. The number of ether oxygens (including phenoxy) is 1. The molecule has 10 nitrogen and oxygen atoms in total. The number of nitrogens with zero attached hydrogens (tertiary/aromatic N) is 3. The van der Waals surface area contributed by atoms with Crippen LogP contribution >= 0.6 is 12.2 Å². The summed E-state index contributed by atoms with van der Waals surface area (Å²) >= 11 is 5.53. The van der Waals surface area contributed by atoms with Crippen molar-refractivity contribution in [1.29, 1.82) is 0 Å². The van der Waals surface area contributed by atoms with E-state index in [9.17, 15) is 18.3 Å². The van der Waals surface area contributed by atoms with Crippen LogP contribution in [0.25, 0.3) is 0 Å². The Labute approximate surface area is 208 Å². The zero-order valence-corrected chi connectivity index (χ0v) is 20.1. The number of allylic oxidation sites excluding steroid dienone is 2. The molecule has 0 saturated carbocycles. The van der Waals surface area contributed by atoms with Crippen LogP contribution < -0.4 is 14.5 Å². The second-order valence-corrected chi connectivity index (χ2v) is 8.97. The van der Waals surface area contributed by atoms with E-state index in [1.807, 2.05) is 29.2 Å². The predicted molar refractivity (Wildman–Crippen MR) is 133 cm³/mol. The molecule has 0 aromatic heterocycles. The van der Waals surface area contributed by atoms with Gasteiger partial charge in [-0.3, -0.25) is 14.2 Å². The molecule has 2 aliphatic heterocycles. The quantitative estimate of drug-likeness (QED) is 0.222. The van der Waals surface area contributed by atoms with E-state index in [4.69, 9.17) is 21.5 Å². The van der Waals surface area contributed by atoms with E-state index in [1.165, 1.54) is 4.90 Å². The van der Waals surface area contributed by atoms with Crippen LogP contribution in [0.2, 0.25) is 0 Å². The highest BCUT2D eigenvalue weighted by atomic mass is 32.3. The van der Waals surface area contributed by atoms with Gasteiger partial charge in [0.25, 0.3) is 5.91 Å². The summed E-state index contributed by atoms with van der Waals surface area (Å²) in [7, 11) is -4.52. The van der Waals surface area contributed by atoms with Gasteiger partial charge in [0.05, 0.1) is 24.6 Å². The molecule has 1 saturated heterocycles. The molecule has 0 atom stereocenters. The lowest BCUT2D eigenvalue weighted by Crippen LogP contribution is -2.33. The van der Waals surface area contributed by atoms with Crippen LogP contribution in [0, 0.1) is 0 Å². The molecule has 2 N–H and O–H groups in total. The summed E-state index contributed by atoms with van der Waals surface area (Å²) in [4.78, 5) is 18.1. The van der Waals surface area contributed by atoms with Gasteiger partial charge in [-0.05, 0) is 49.0 Å². The minimum absolute atomic E-state index is 0.140. The Balaban J connectivity index is 1.61. The molecule has 0 radical (unpaired) electrons. The SMILES string of the molecule is O=C1/C(=C/C=C2/Oc3ccccc3N2CCCOS(=O)(=O)O)N(CCO)C(=S)N1c1ccccc1. The zero-order valence-electron chi connectivity index (χ0n) is 18.5. The van der Waals surface area contributed by atoms with Crippen molar-refractivity contribution in [2.24, 2.45) is 0 Å². The van der Waals surface area contributed by atoms with Crippen LogP contribution in [-0.2, 0) is 19.4 Å². The molecule has 2 aromatic carbocycles. The Hall–Kier alpha value is -3.29. The molecule has 184 valence electrons. The molecule has 1 amide bonds. The lowest BCUT2D eigenvalue weighted by Gasteiger charge is -2.19. The molecule has 0 bridgehead atoms. The molecule has 12 heteroatoms. The molecule has 0 spiro atoms. The van der Waals surface area contributed by atoms with E-state index in [-0.39, 0.29) is 42.9 Å². The van der Waals surface area contributed by atoms with Crippen molar-refractivity contribution < 1.29 is 31.8 Å². The van der Waals surface area contributed by atoms with Gasteiger partial charge in [-0.2, -0.15) is 8.42 Å². The number of aliphatic hydroxyl groups is 1. The van der Waals surface area contributed by atoms with Gasteiger partial charge in [-0.25, -0.2) is 4.18 Å². The number of thiocarbonyl (C=S) groups is 1. The minimum Gasteiger partial charge on any atom is -0.439 e. The fourth-order valence-electron chi connectivity index (χ4n) is 3.77. The predicted octanol–water partition coefficient (Wildman–Crippen LogP) is 2.45. The number of benzene rings is 2. The summed E-state index contributed by atoms with van der Waals surface area (Å²) in [6.45, 7) is 0.0474. The number of hydrogen-bond donors (Lipinski definition) is 2. The standard InChI is InChI=1S/C23H23N3O7S2/c27-15-14-25-19(22(28)26(23(25)34)17-7-2-1-3-8-17)11-12-21-24(13-6-16-32-35(29,30)31)18-9-4-5-10-20(18)33-21/h1-5,7-12,27H,6,13-16H2,(H,29,30,31)/b19-11-,21-12+. The molecule has 2 aliphatic rings. The largest absolute Gasteiger partial charge is 0.439 e. The monoisotopic (exact) mass is 517 g/mol. The van der Waals surface area contributed by atoms with Crippen molar-refractivity contribution in [1.82, 2.24) is 4.90 Å². The Morgan fingerprint density at radius 3 is 2.43 bits per heavy atom. The van der Waals surface area contributed by atoms with E-state index >= 15 is 0 Å². The minimum atomic E-state index is -4.52. The number of aliphatic hydroxyl groups excluding tert-OH is 1. The van der Waals surface area contributed by atoms with Crippen LogP contribution in [0.5, 0.6) is 5.75 Å². The molecular weight excluding hydrogens is 494 g/mol. The van der Waals surface area contributed by atoms with Gasteiger partial charge in [0.2, 0.25) is 5.88 Å². The van der Waals surface area contributed by atoms with Gasteiger partial charge in [0.1, 0.15) is 5.70 Å². The fourth-order valence-corrected chi connectivity index (χ4v) is 4.47. The van der Waals surface area contributed by atoms with Gasteiger partial charge in [0, 0.05) is 19.2 Å². The van der Waals surface area contributed by atoms with Gasteiger partial charge < -0.3 is 19.6 Å². The lowest BCUT2D eigenvalue weighted by atomic mass is 10.2. The maximum Gasteiger partial charge on any atom is 0.397 e. The Bertz CT molecular complexity index is 1280. The molecular formula is C23H23N3O7S2. The molecule has 4 rings (SSSR count). The summed E-state index contributed by atoms with van der Waals surface area (Å²) in [6, 6.07) is 16.3. The highest BCUT2D eigenvalue weighted by Crippen LogP contribution is 2.39. The van der Waals surface area contributed by atoms with Crippen molar-refractivity contribution >= 4 is 45.0 Å². The van der Waals surface area contributed by atoms with E-state index in [0.717, 1.165) is 5.69 Å². The number of carbonyl (C=O) groups is 1. The number of anilines is 2. The van der Waals surface area contributed by atoms with Gasteiger partial charge in [-0.1, -0.05) is 30.3 Å². The number of rotatable bonds is 9. The third kappa shape index (κ3) is 5.52. The maximum absolute atomic E-state index is 13.3. The van der Waals surface area contributed by atoms with Crippen molar-refractivity contribution in [3.63, 3.8) is 0 Å². The fraction of sp³-hybridized carbons (Fsp3) is 0.217. The number of para-hydroxylation sites is 3. The normalized spacial score (nSPS) is 18.1. The van der Waals surface area contributed by atoms with Crippen molar-refractivity contribution in [2.75, 3.05) is 36.1 Å². The second-order valence-electron chi connectivity index (χ2n) is 7.52. The second kappa shape index (κ2) is 10.5. The van der Waals surface area contributed by atoms with E-state index in [2.05, 4.69) is 4.18 Å². The van der Waals surface area contributed by atoms with Crippen molar-refractivity contribution in [3.8, 4) is 5.75 Å². The Kier molecular flexibility index (Phi) is 7.48. The molecule has 0 unspecified atom stereocenters. The Morgan fingerprint density at radius 2 is 1.71 bits per heavy atom. The van der Waals surface area contributed by atoms with Crippen LogP contribution in [0.1, 0.15) is 6.42 Å². The van der Waals surface area contributed by atoms with Crippen LogP contribution in [-0.4, -0.2) is 60.3 Å². The molecule has 2 aromatic rings. The summed E-state index contributed by atoms with van der Waals surface area (Å²) in [6.07, 6.45) is 3.47. The zero-order chi connectivity index (χ0) is 25.0. The van der Waals surface area contributed by atoms with Crippen LogP contribution in [0.3, 0.4) is 0 Å². The highest BCUT2D eigenvalue weighted by molar-refractivity contribution is 7.81. The molecule has 35 heavy (non-hydrogen) atoms. The topological polar surface area (TPSA) is 120 Å². The molecule has 1 fully saturated rings. The smallest absolute Gasteiger partial charge is 0.397 e. The first-order valence-corrected chi connectivity index (χ1v) is 12.5. The van der Waals surface area contributed by atoms with E-state index in [1.54, 1.807) is 47.4 Å². The molecule has 0 aliphatic carbocycles. The number of amides is 1. The maximum atomic E-state index is 13.3. The average Bonchev–Trinajstić information content (AvgIpc) is 3.29. The van der Waals surface area contributed by atoms with E-state index < -0.39 is 10.4 Å². The number of hydrogen-bond acceptors (Lipinski definition) is 8. The Morgan fingerprint density at radius 1 is 1.00 bits per heavy atom. The first-order valence-electron chi connectivity index (χ1n) is 10.7. The third-order valence-electron chi connectivity index (χ3n) is 5.25. The number of β-amino-alcohol motifs (C(OH)–C–C–N with tert-alkyl or cyclic N) is 1. The average molecular weight is 518 g/mol. The number of fused-ring (bicyclic) bond motifs is 1. The number of carbonyl (C=O) groups excluding carboxylic acids is 1. The summed E-state index contributed by atoms with van der Waals surface area (Å²) in [5, 5.41) is 9.80. The lowest BCUT2D eigenvalue weighted by molar-refractivity contribution is -0.114. The van der Waals surface area contributed by atoms with Crippen molar-refractivity contribution in [2.45, 2.75) is 6.42 Å². The van der Waals surface area contributed by atoms with Crippen LogP contribution in [0.4, 0.5) is 11.4 Å². The van der Waals surface area contributed by atoms with Gasteiger partial charge in [0.15, 0.2) is 10.9 Å². The first kappa shape index (κ1) is 24.8. The first-order chi connectivity index (χ1) is 16.8. The van der Waals surface area contributed by atoms with Crippen molar-refractivity contribution in [3.05, 3.63) is 78.3 Å². The summed E-state index contributed by atoms with van der Waals surface area (Å²) < 4.78 is 40.8.